The summed E-state index contributed by atoms with van der Waals surface area (Å²) in [5.74, 6) is -0.838. The highest BCUT2D eigenvalue weighted by Crippen LogP contribution is 2.24. The number of H-pyrrole nitrogens is 1. The monoisotopic (exact) mass is 301 g/mol. The third-order valence-electron chi connectivity index (χ3n) is 4.04. The Bertz CT molecular complexity index is 644. The van der Waals surface area contributed by atoms with E-state index < -0.39 is 12.0 Å². The molecule has 0 spiro atoms. The van der Waals surface area contributed by atoms with Gasteiger partial charge in [-0.25, -0.2) is 0 Å². The number of nitrogens with zero attached hydrogens (tertiary/aromatic N) is 2. The predicted molar refractivity (Wildman–Crippen MR) is 85.7 cm³/mol. The molecule has 1 heterocycles. The van der Waals surface area contributed by atoms with Crippen molar-refractivity contribution in [3.05, 3.63) is 52.3 Å². The number of benzene rings is 1. The lowest BCUT2D eigenvalue weighted by Gasteiger charge is -2.25. The highest BCUT2D eigenvalue weighted by molar-refractivity contribution is 5.75. The van der Waals surface area contributed by atoms with E-state index in [-0.39, 0.29) is 0 Å². The Balaban J connectivity index is 2.29. The van der Waals surface area contributed by atoms with Crippen LogP contribution in [0.2, 0.25) is 0 Å². The normalized spacial score (nSPS) is 12.6. The Morgan fingerprint density at radius 2 is 2.14 bits per heavy atom. The number of aliphatic carboxylic acids is 1. The Morgan fingerprint density at radius 1 is 1.41 bits per heavy atom. The molecule has 1 aromatic carbocycles. The minimum atomic E-state index is -0.838. The summed E-state index contributed by atoms with van der Waals surface area (Å²) >= 11 is 0. The Hall–Kier alpha value is -2.14. The summed E-state index contributed by atoms with van der Waals surface area (Å²) in [4.78, 5) is 13.6. The fourth-order valence-corrected chi connectivity index (χ4v) is 2.72. The van der Waals surface area contributed by atoms with Crippen LogP contribution in [0.3, 0.4) is 0 Å². The van der Waals surface area contributed by atoms with Crippen LogP contribution >= 0.6 is 0 Å². The van der Waals surface area contributed by atoms with Crippen LogP contribution in [0, 0.1) is 13.8 Å². The van der Waals surface area contributed by atoms with Crippen LogP contribution in [-0.4, -0.2) is 33.2 Å². The van der Waals surface area contributed by atoms with Gasteiger partial charge in [-0.05, 0) is 38.4 Å². The van der Waals surface area contributed by atoms with Crippen LogP contribution in [-0.2, 0) is 17.8 Å². The summed E-state index contributed by atoms with van der Waals surface area (Å²) in [5, 5.41) is 16.8. The molecule has 0 amide bonds. The molecule has 0 bridgehead atoms. The number of rotatable bonds is 6. The number of nitrogens with one attached hydrogen (secondary N) is 1. The van der Waals surface area contributed by atoms with Crippen molar-refractivity contribution < 1.29 is 9.90 Å². The Kier molecular flexibility index (Phi) is 4.98. The third kappa shape index (κ3) is 3.36. The van der Waals surface area contributed by atoms with Gasteiger partial charge in [0.25, 0.3) is 0 Å². The van der Waals surface area contributed by atoms with Crippen LogP contribution in [0.15, 0.2) is 24.3 Å². The first-order chi connectivity index (χ1) is 10.4. The van der Waals surface area contributed by atoms with E-state index in [1.54, 1.807) is 0 Å². The molecule has 0 saturated heterocycles. The van der Waals surface area contributed by atoms with E-state index in [4.69, 9.17) is 0 Å². The van der Waals surface area contributed by atoms with Crippen LogP contribution in [0.5, 0.6) is 0 Å². The second-order valence-electron chi connectivity index (χ2n) is 5.67. The zero-order valence-electron chi connectivity index (χ0n) is 13.6. The molecule has 0 aliphatic rings. The van der Waals surface area contributed by atoms with Gasteiger partial charge in [-0.15, -0.1) is 0 Å². The first kappa shape index (κ1) is 16.2. The molecule has 22 heavy (non-hydrogen) atoms. The molecule has 0 aliphatic carbocycles. The molecule has 0 fully saturated rings. The summed E-state index contributed by atoms with van der Waals surface area (Å²) in [6, 6.07) is 7.13. The van der Waals surface area contributed by atoms with E-state index >= 15 is 0 Å². The number of carbonyl (C=O) groups is 1. The molecular weight excluding hydrogens is 278 g/mol. The molecule has 5 heteroatoms. The first-order valence-corrected chi connectivity index (χ1v) is 7.46. The van der Waals surface area contributed by atoms with Gasteiger partial charge in [-0.1, -0.05) is 31.2 Å². The molecule has 0 aliphatic heterocycles. The Morgan fingerprint density at radius 3 is 2.68 bits per heavy atom. The second kappa shape index (κ2) is 6.75. The number of likely N-dealkylation sites (N-methyl/N-ethyl adjacent to an activating group) is 1. The Labute approximate surface area is 131 Å². The molecule has 1 unspecified atom stereocenters. The van der Waals surface area contributed by atoms with Crippen molar-refractivity contribution in [3.63, 3.8) is 0 Å². The second-order valence-corrected chi connectivity index (χ2v) is 5.67. The zero-order chi connectivity index (χ0) is 16.3. The maximum atomic E-state index is 11.8. The number of carboxylic acid groups (broad SMARTS) is 1. The van der Waals surface area contributed by atoms with E-state index in [1.807, 2.05) is 50.1 Å². The molecule has 1 atom stereocenters. The number of aromatic nitrogens is 2. The van der Waals surface area contributed by atoms with Gasteiger partial charge in [0, 0.05) is 17.8 Å². The van der Waals surface area contributed by atoms with Gasteiger partial charge in [0.1, 0.15) is 6.04 Å². The average molecular weight is 301 g/mol. The van der Waals surface area contributed by atoms with E-state index in [0.717, 1.165) is 34.5 Å². The van der Waals surface area contributed by atoms with Crippen molar-refractivity contribution >= 4 is 5.97 Å². The van der Waals surface area contributed by atoms with Gasteiger partial charge in [0.2, 0.25) is 0 Å². The number of aryl methyl sites for hydroxylation is 3. The molecule has 2 rings (SSSR count). The smallest absolute Gasteiger partial charge is 0.325 e. The van der Waals surface area contributed by atoms with Gasteiger partial charge < -0.3 is 5.11 Å². The number of hydrogen-bond donors (Lipinski definition) is 2. The molecule has 2 aromatic rings. The van der Waals surface area contributed by atoms with Crippen LogP contribution in [0.25, 0.3) is 0 Å². The lowest BCUT2D eigenvalue weighted by atomic mass is 10.0. The minimum absolute atomic E-state index is 0.543. The lowest BCUT2D eigenvalue weighted by molar-refractivity contribution is -0.143. The van der Waals surface area contributed by atoms with E-state index in [2.05, 4.69) is 17.1 Å². The maximum Gasteiger partial charge on any atom is 0.325 e. The zero-order valence-corrected chi connectivity index (χ0v) is 13.6. The third-order valence-corrected chi connectivity index (χ3v) is 4.04. The molecule has 1 aromatic heterocycles. The SMILES string of the molecule is CCc1cccc(C(C(=O)O)N(C)Cc2c(C)n[nH]c2C)c1. The summed E-state index contributed by atoms with van der Waals surface area (Å²) in [7, 11) is 1.84. The molecule has 2 N–H and O–H groups in total. The molecular formula is C17H23N3O2. The van der Waals surface area contributed by atoms with Gasteiger partial charge >= 0.3 is 5.97 Å². The summed E-state index contributed by atoms with van der Waals surface area (Å²) in [6.45, 7) is 6.50. The lowest BCUT2D eigenvalue weighted by Crippen LogP contribution is -2.30. The molecule has 118 valence electrons. The first-order valence-electron chi connectivity index (χ1n) is 7.46. The van der Waals surface area contributed by atoms with Gasteiger partial charge in [-0.3, -0.25) is 14.8 Å². The maximum absolute atomic E-state index is 11.8. The van der Waals surface area contributed by atoms with Crippen molar-refractivity contribution in [3.8, 4) is 0 Å². The van der Waals surface area contributed by atoms with Crippen LogP contribution in [0.1, 0.15) is 41.0 Å². The number of hydrogen-bond acceptors (Lipinski definition) is 3. The standard InChI is InChI=1S/C17H23N3O2/c1-5-13-7-6-8-14(9-13)16(17(21)22)20(4)10-15-11(2)18-19-12(15)3/h6-9,16H,5,10H2,1-4H3,(H,18,19)(H,21,22). The summed E-state index contributed by atoms with van der Waals surface area (Å²) in [6.07, 6.45) is 0.893. The van der Waals surface area contributed by atoms with Gasteiger partial charge in [-0.2, -0.15) is 5.10 Å². The average Bonchev–Trinajstić information content (AvgIpc) is 2.79. The number of aromatic amines is 1. The quantitative estimate of drug-likeness (QED) is 0.861. The van der Waals surface area contributed by atoms with E-state index in [1.165, 1.54) is 0 Å². The van der Waals surface area contributed by atoms with E-state index in [9.17, 15) is 9.90 Å². The topological polar surface area (TPSA) is 69.2 Å². The minimum Gasteiger partial charge on any atom is -0.480 e. The highest BCUT2D eigenvalue weighted by Gasteiger charge is 2.26. The van der Waals surface area contributed by atoms with Crippen LogP contribution in [0.4, 0.5) is 0 Å². The van der Waals surface area contributed by atoms with Crippen molar-refractivity contribution in [2.24, 2.45) is 0 Å². The van der Waals surface area contributed by atoms with Gasteiger partial charge in [0.05, 0.1) is 5.69 Å². The predicted octanol–water partition coefficient (Wildman–Crippen LogP) is 2.85. The molecule has 0 radical (unpaired) electrons. The highest BCUT2D eigenvalue weighted by atomic mass is 16.4. The van der Waals surface area contributed by atoms with E-state index in [0.29, 0.717) is 6.54 Å². The van der Waals surface area contributed by atoms with Gasteiger partial charge in [0.15, 0.2) is 0 Å². The van der Waals surface area contributed by atoms with Crippen molar-refractivity contribution in [1.29, 1.82) is 0 Å². The van der Waals surface area contributed by atoms with Crippen LogP contribution < -0.4 is 0 Å². The van der Waals surface area contributed by atoms with Crippen molar-refractivity contribution in [2.45, 2.75) is 39.8 Å². The summed E-state index contributed by atoms with van der Waals surface area (Å²) < 4.78 is 0. The summed E-state index contributed by atoms with van der Waals surface area (Å²) in [5.41, 5.74) is 4.91. The number of carboxylic acids is 1. The molecule has 5 nitrogen and oxygen atoms in total. The largest absolute Gasteiger partial charge is 0.480 e. The van der Waals surface area contributed by atoms with Crippen molar-refractivity contribution in [1.82, 2.24) is 15.1 Å². The van der Waals surface area contributed by atoms with Crippen molar-refractivity contribution in [2.75, 3.05) is 7.05 Å². The fraction of sp³-hybridized carbons (Fsp3) is 0.412. The fourth-order valence-electron chi connectivity index (χ4n) is 2.72. The molecule has 0 saturated carbocycles.